The van der Waals surface area contributed by atoms with Gasteiger partial charge in [-0.15, -0.1) is 0 Å². The molecule has 14 nitrogen and oxygen atoms in total. The summed E-state index contributed by atoms with van der Waals surface area (Å²) in [5.41, 5.74) is 12.3. The Morgan fingerprint density at radius 3 is 1.27 bits per heavy atom. The average Bonchev–Trinajstić information content (AvgIpc) is 4.46. The van der Waals surface area contributed by atoms with Crippen molar-refractivity contribution in [3.8, 4) is 44.8 Å². The summed E-state index contributed by atoms with van der Waals surface area (Å²) in [6.07, 6.45) is 0.367. The molecule has 2 saturated carbocycles. The summed E-state index contributed by atoms with van der Waals surface area (Å²) in [6.45, 7) is 6.58. The molecule has 10 rings (SSSR count). The molecule has 2 aliphatic carbocycles. The highest BCUT2D eigenvalue weighted by molar-refractivity contribution is 5.98. The number of amides is 2. The van der Waals surface area contributed by atoms with Gasteiger partial charge in [0.25, 0.3) is 11.8 Å². The number of esters is 1. The summed E-state index contributed by atoms with van der Waals surface area (Å²) in [7, 11) is 1.32. The van der Waals surface area contributed by atoms with Gasteiger partial charge in [0.15, 0.2) is 11.3 Å². The molecule has 410 valence electrons. The van der Waals surface area contributed by atoms with E-state index in [0.29, 0.717) is 67.3 Å². The Hall–Kier alpha value is -8.68. The lowest BCUT2D eigenvalue weighted by Crippen LogP contribution is -2.26. The van der Waals surface area contributed by atoms with Crippen LogP contribution in [-0.2, 0) is 4.74 Å². The number of hydrogen-bond donors (Lipinski definition) is 5. The Kier molecular flexibility index (Phi) is 15.6. The van der Waals surface area contributed by atoms with E-state index in [2.05, 4.69) is 31.2 Å². The molecule has 8 aromatic rings. The van der Waals surface area contributed by atoms with E-state index in [9.17, 15) is 50.6 Å². The van der Waals surface area contributed by atoms with Gasteiger partial charge in [-0.3, -0.25) is 18.4 Å². The van der Waals surface area contributed by atoms with Gasteiger partial charge in [-0.05, 0) is 135 Å². The normalized spacial score (nSPS) is 13.4. The van der Waals surface area contributed by atoms with Crippen LogP contribution in [0.5, 0.6) is 0 Å². The predicted octanol–water partition coefficient (Wildman–Crippen LogP) is 12.6. The topological polar surface area (TPSA) is 180 Å². The van der Waals surface area contributed by atoms with Gasteiger partial charge >= 0.3 is 24.3 Å². The second-order valence-electron chi connectivity index (χ2n) is 20.0. The second-order valence-corrected chi connectivity index (χ2v) is 20.0. The average molecular weight is 1090 g/mol. The number of nitrogens with one attached hydrogen (secondary N) is 4. The van der Waals surface area contributed by atoms with Gasteiger partial charge in [-0.2, -0.15) is 26.3 Å². The Bertz CT molecular complexity index is 3670. The summed E-state index contributed by atoms with van der Waals surface area (Å²) in [4.78, 5) is 57.8. The minimum absolute atomic E-state index is 0.103. The van der Waals surface area contributed by atoms with E-state index < -0.39 is 37.1 Å². The number of aromatic nitrogens is 4. The van der Waals surface area contributed by atoms with Gasteiger partial charge in [0, 0.05) is 70.9 Å². The Morgan fingerprint density at radius 2 is 0.911 bits per heavy atom. The van der Waals surface area contributed by atoms with E-state index in [1.54, 1.807) is 79.2 Å². The maximum Gasteiger partial charge on any atom is 0.390 e. The molecule has 0 radical (unpaired) electrons. The summed E-state index contributed by atoms with van der Waals surface area (Å²) in [6, 6.07) is 25.2. The van der Waals surface area contributed by atoms with Crippen molar-refractivity contribution in [3.63, 3.8) is 0 Å². The number of alkyl halides is 6. The standard InChI is InChI=1S/C30H29F3N4O3.C29H27F3N4O3/c1-17-13-20(5-8-23(17)28(38)36-22-6-7-22)26-15-35-27-25(34-11-10-30(31,32)33)14-21(16-37(26)27)19-4-9-24(18(2)12-19)29(39)40-3;1-16-12-19(4-7-22(16)27(37)35-21-5-6-21)25-14-34-26-24(33-10-9-29(30,31)32)13-20(15-36(25)26)18-3-8-23(28(38)39)17(2)11-18/h4-5,8-9,12-16,22,34H,6-7,10-11H2,1-3H3,(H,36,38);3-4,7-8,11-15,21,33H,5-6,9-10H2,1-2H3,(H,35,37)(H,38,39). The van der Waals surface area contributed by atoms with Crippen LogP contribution in [0.1, 0.15) is 102 Å². The highest BCUT2D eigenvalue weighted by Crippen LogP contribution is 2.35. The lowest BCUT2D eigenvalue weighted by molar-refractivity contribution is -0.132. The SMILES string of the molecule is COC(=O)c1ccc(-c2cc(NCCC(F)(F)F)c3ncc(-c4ccc(C(=O)NC5CC5)c(C)c4)n3c2)cc1C.Cc1cc(-c2cc(NCCC(F)(F)F)c3ncc(-c4ccc(C(=O)NC5CC5)c(C)c4)n3c2)ccc1C(=O)O. The first-order valence-corrected chi connectivity index (χ1v) is 25.5. The van der Waals surface area contributed by atoms with Crippen LogP contribution in [0, 0.1) is 27.7 Å². The monoisotopic (exact) mass is 1090 g/mol. The molecule has 0 spiro atoms. The lowest BCUT2D eigenvalue weighted by atomic mass is 10.0. The van der Waals surface area contributed by atoms with E-state index >= 15 is 0 Å². The summed E-state index contributed by atoms with van der Waals surface area (Å²) in [5, 5.41) is 21.2. The van der Waals surface area contributed by atoms with E-state index in [4.69, 9.17) is 4.74 Å². The van der Waals surface area contributed by atoms with Gasteiger partial charge in [-0.1, -0.05) is 36.4 Å². The minimum Gasteiger partial charge on any atom is -0.478 e. The number of halogens is 6. The number of carboxylic acid groups (broad SMARTS) is 1. The van der Waals surface area contributed by atoms with Crippen LogP contribution >= 0.6 is 0 Å². The second kappa shape index (κ2) is 22.4. The molecule has 0 aliphatic heterocycles. The molecule has 2 aliphatic rings. The first-order valence-electron chi connectivity index (χ1n) is 25.5. The number of pyridine rings is 2. The number of carbonyl (C=O) groups is 4. The number of benzene rings is 4. The number of aromatic carboxylic acids is 1. The number of carboxylic acids is 1. The smallest absolute Gasteiger partial charge is 0.390 e. The molecule has 4 aromatic carbocycles. The number of fused-ring (bicyclic) bond motifs is 2. The van der Waals surface area contributed by atoms with Gasteiger partial charge in [0.1, 0.15) is 0 Å². The van der Waals surface area contributed by atoms with Crippen molar-refractivity contribution in [3.05, 3.63) is 154 Å². The van der Waals surface area contributed by atoms with Crippen molar-refractivity contribution in [2.75, 3.05) is 30.8 Å². The number of nitrogens with zero attached hydrogens (tertiary/aromatic N) is 4. The number of rotatable bonds is 16. The van der Waals surface area contributed by atoms with Crippen LogP contribution in [0.4, 0.5) is 37.7 Å². The zero-order valence-corrected chi connectivity index (χ0v) is 43.7. The van der Waals surface area contributed by atoms with E-state index in [-0.39, 0.29) is 42.6 Å². The molecule has 2 amide bonds. The molecular formula is C59H56F6N8O6. The Morgan fingerprint density at radius 1 is 0.544 bits per heavy atom. The molecule has 2 fully saturated rings. The fourth-order valence-electron chi connectivity index (χ4n) is 9.26. The van der Waals surface area contributed by atoms with Crippen molar-refractivity contribution >= 4 is 46.4 Å². The molecule has 0 unspecified atom stereocenters. The Balaban J connectivity index is 0.000000192. The van der Waals surface area contributed by atoms with Crippen molar-refractivity contribution < 1.29 is 55.4 Å². The molecule has 20 heteroatoms. The number of imidazole rings is 2. The number of methoxy groups -OCH3 is 1. The van der Waals surface area contributed by atoms with E-state index in [1.807, 2.05) is 61.0 Å². The number of aryl methyl sites for hydroxylation is 4. The minimum atomic E-state index is -4.31. The van der Waals surface area contributed by atoms with Gasteiger partial charge in [0.05, 0.1) is 66.2 Å². The van der Waals surface area contributed by atoms with Crippen molar-refractivity contribution in [1.82, 2.24) is 29.4 Å². The molecule has 0 saturated heterocycles. The summed E-state index contributed by atoms with van der Waals surface area (Å²) >= 11 is 0. The fraction of sp³-hybridized carbons (Fsp3) is 0.288. The van der Waals surface area contributed by atoms with Crippen molar-refractivity contribution in [1.29, 1.82) is 0 Å². The van der Waals surface area contributed by atoms with Gasteiger partial charge < -0.3 is 31.1 Å². The van der Waals surface area contributed by atoms with Crippen LogP contribution in [-0.4, -0.2) is 92.3 Å². The number of anilines is 2. The van der Waals surface area contributed by atoms with Crippen LogP contribution < -0.4 is 21.3 Å². The van der Waals surface area contributed by atoms with E-state index in [1.165, 1.54) is 13.2 Å². The lowest BCUT2D eigenvalue weighted by Gasteiger charge is -2.14. The maximum absolute atomic E-state index is 12.9. The Labute approximate surface area is 450 Å². The van der Waals surface area contributed by atoms with Crippen LogP contribution in [0.2, 0.25) is 0 Å². The van der Waals surface area contributed by atoms with Gasteiger partial charge in [0.2, 0.25) is 0 Å². The van der Waals surface area contributed by atoms with Crippen LogP contribution in [0.15, 0.2) is 110 Å². The third kappa shape index (κ3) is 13.0. The maximum atomic E-state index is 12.9. The molecule has 5 N–H and O–H groups in total. The molecule has 79 heavy (non-hydrogen) atoms. The number of carbonyl (C=O) groups excluding carboxylic acids is 3. The molecule has 0 atom stereocenters. The van der Waals surface area contributed by atoms with Gasteiger partial charge in [-0.25, -0.2) is 19.6 Å². The quantitative estimate of drug-likeness (QED) is 0.0462. The largest absolute Gasteiger partial charge is 0.478 e. The first-order chi connectivity index (χ1) is 37.5. The van der Waals surface area contributed by atoms with Crippen molar-refractivity contribution in [2.45, 2.75) is 90.7 Å². The third-order valence-corrected chi connectivity index (χ3v) is 13.8. The highest BCUT2D eigenvalue weighted by Gasteiger charge is 2.29. The zero-order chi connectivity index (χ0) is 56.5. The molecule has 0 bridgehead atoms. The number of ether oxygens (including phenoxy) is 1. The first kappa shape index (κ1) is 55.1. The molecule has 4 aromatic heterocycles. The summed E-state index contributed by atoms with van der Waals surface area (Å²) < 4.78 is 85.7. The third-order valence-electron chi connectivity index (χ3n) is 13.8. The molecule has 4 heterocycles. The van der Waals surface area contributed by atoms with E-state index in [0.717, 1.165) is 64.8 Å². The summed E-state index contributed by atoms with van der Waals surface area (Å²) in [5.74, 6) is -1.70. The highest BCUT2D eigenvalue weighted by atomic mass is 19.4. The zero-order valence-electron chi connectivity index (χ0n) is 43.7. The fourth-order valence-corrected chi connectivity index (χ4v) is 9.26. The van der Waals surface area contributed by atoms with Crippen molar-refractivity contribution in [2.24, 2.45) is 0 Å². The number of hydrogen-bond acceptors (Lipinski definition) is 9. The van der Waals surface area contributed by atoms with Crippen LogP contribution in [0.3, 0.4) is 0 Å². The van der Waals surface area contributed by atoms with Crippen LogP contribution in [0.25, 0.3) is 56.1 Å². The molecular weight excluding hydrogens is 1030 g/mol. The predicted molar refractivity (Wildman–Crippen MR) is 289 cm³/mol.